The normalized spacial score (nSPS) is 11.0. The van der Waals surface area contributed by atoms with Crippen LogP contribution in [0.2, 0.25) is 0 Å². The molecule has 0 bridgehead atoms. The van der Waals surface area contributed by atoms with Gasteiger partial charge in [0, 0.05) is 11.6 Å². The summed E-state index contributed by atoms with van der Waals surface area (Å²) in [6.45, 7) is 1.62. The second-order valence-corrected chi connectivity index (χ2v) is 4.32. The lowest BCUT2D eigenvalue weighted by atomic mass is 10.1. The molecule has 0 unspecified atom stereocenters. The van der Waals surface area contributed by atoms with Gasteiger partial charge in [0.25, 0.3) is 5.69 Å². The maximum absolute atomic E-state index is 12.3. The van der Waals surface area contributed by atoms with Crippen molar-refractivity contribution in [2.24, 2.45) is 0 Å². The predicted octanol–water partition coefficient (Wildman–Crippen LogP) is 3.16. The highest BCUT2D eigenvalue weighted by atomic mass is 16.6. The van der Waals surface area contributed by atoms with E-state index in [2.05, 4.69) is 0 Å². The Labute approximate surface area is 107 Å². The number of nitrogens with zero attached hydrogens (tertiary/aromatic N) is 1. The van der Waals surface area contributed by atoms with Gasteiger partial charge in [-0.25, -0.2) is 0 Å². The molecule has 0 saturated heterocycles. The first-order valence-electron chi connectivity index (χ1n) is 5.68. The lowest BCUT2D eigenvalue weighted by Crippen LogP contribution is -2.03. The van der Waals surface area contributed by atoms with Crippen molar-refractivity contribution in [3.8, 4) is 0 Å². The zero-order valence-corrected chi connectivity index (χ0v) is 10.0. The summed E-state index contributed by atoms with van der Waals surface area (Å²) in [5.41, 5.74) is 0.992. The first kappa shape index (κ1) is 11.4. The molecule has 0 radical (unpaired) electrons. The topological polar surface area (TPSA) is 73.3 Å². The lowest BCUT2D eigenvalue weighted by Gasteiger charge is -2.03. The van der Waals surface area contributed by atoms with Crippen molar-refractivity contribution in [2.45, 2.75) is 6.92 Å². The number of nitro groups is 1. The molecule has 3 rings (SSSR count). The van der Waals surface area contributed by atoms with Crippen molar-refractivity contribution in [3.05, 3.63) is 62.3 Å². The maximum Gasteiger partial charge on any atom is 0.273 e. The van der Waals surface area contributed by atoms with Crippen molar-refractivity contribution >= 4 is 27.6 Å². The van der Waals surface area contributed by atoms with Crippen LogP contribution in [-0.4, -0.2) is 4.92 Å². The number of hydrogen-bond donors (Lipinski definition) is 0. The summed E-state index contributed by atoms with van der Waals surface area (Å²) in [4.78, 5) is 22.7. The zero-order valence-electron chi connectivity index (χ0n) is 10.0. The third-order valence-electron chi connectivity index (χ3n) is 3.09. The number of para-hydroxylation sites is 1. The summed E-state index contributed by atoms with van der Waals surface area (Å²) in [5, 5.41) is 11.6. The summed E-state index contributed by atoms with van der Waals surface area (Å²) in [6.07, 6.45) is 0. The van der Waals surface area contributed by atoms with Crippen molar-refractivity contribution in [3.63, 3.8) is 0 Å². The van der Waals surface area contributed by atoms with Crippen LogP contribution in [0, 0.1) is 17.0 Å². The fourth-order valence-electron chi connectivity index (χ4n) is 2.14. The molecular formula is C14H9NO4. The predicted molar refractivity (Wildman–Crippen MR) is 71.4 cm³/mol. The van der Waals surface area contributed by atoms with E-state index >= 15 is 0 Å². The summed E-state index contributed by atoms with van der Waals surface area (Å²) < 4.78 is 5.62. The van der Waals surface area contributed by atoms with Gasteiger partial charge < -0.3 is 4.42 Å². The highest BCUT2D eigenvalue weighted by molar-refractivity contribution is 5.91. The second kappa shape index (κ2) is 3.91. The first-order chi connectivity index (χ1) is 9.08. The Morgan fingerprint density at radius 3 is 2.58 bits per heavy atom. The molecule has 0 aliphatic heterocycles. The minimum absolute atomic E-state index is 0.0740. The molecule has 5 nitrogen and oxygen atoms in total. The van der Waals surface area contributed by atoms with Gasteiger partial charge in [-0.05, 0) is 25.1 Å². The molecule has 0 atom stereocenters. The lowest BCUT2D eigenvalue weighted by molar-refractivity contribution is -0.385. The highest BCUT2D eigenvalue weighted by Crippen LogP contribution is 2.25. The summed E-state index contributed by atoms with van der Waals surface area (Å²) in [7, 11) is 0. The fraction of sp³-hybridized carbons (Fsp3) is 0.0714. The second-order valence-electron chi connectivity index (χ2n) is 4.32. The molecule has 5 heteroatoms. The number of rotatable bonds is 1. The molecule has 3 aromatic rings. The highest BCUT2D eigenvalue weighted by Gasteiger charge is 2.15. The Hall–Kier alpha value is -2.69. The third kappa shape index (κ3) is 1.67. The Morgan fingerprint density at radius 2 is 1.84 bits per heavy atom. The number of fused-ring (bicyclic) bond motifs is 2. The van der Waals surface area contributed by atoms with Crippen molar-refractivity contribution in [1.82, 2.24) is 0 Å². The summed E-state index contributed by atoms with van der Waals surface area (Å²) >= 11 is 0. The van der Waals surface area contributed by atoms with Gasteiger partial charge in [0.1, 0.15) is 11.2 Å². The van der Waals surface area contributed by atoms with Gasteiger partial charge in [-0.15, -0.1) is 0 Å². The maximum atomic E-state index is 12.3. The smallest absolute Gasteiger partial charge is 0.273 e. The zero-order chi connectivity index (χ0) is 13.6. The van der Waals surface area contributed by atoms with E-state index < -0.39 is 4.92 Å². The number of aryl methyl sites for hydroxylation is 1. The number of benzene rings is 2. The van der Waals surface area contributed by atoms with Gasteiger partial charge in [-0.2, -0.15) is 0 Å². The van der Waals surface area contributed by atoms with Gasteiger partial charge in [0.15, 0.2) is 0 Å². The van der Waals surface area contributed by atoms with Crippen molar-refractivity contribution < 1.29 is 9.34 Å². The quantitative estimate of drug-likeness (QED) is 0.380. The van der Waals surface area contributed by atoms with Crippen molar-refractivity contribution in [2.75, 3.05) is 0 Å². The van der Waals surface area contributed by atoms with E-state index in [1.807, 2.05) is 0 Å². The van der Waals surface area contributed by atoms with Crippen LogP contribution in [0.1, 0.15) is 5.56 Å². The number of hydrogen-bond acceptors (Lipinski definition) is 4. The molecule has 1 heterocycles. The first-order valence-corrected chi connectivity index (χ1v) is 5.68. The van der Waals surface area contributed by atoms with E-state index in [9.17, 15) is 14.9 Å². The molecule has 0 aliphatic carbocycles. The molecule has 0 N–H and O–H groups in total. The van der Waals surface area contributed by atoms with E-state index in [1.54, 1.807) is 31.2 Å². The number of nitro benzene ring substituents is 1. The SMILES string of the molecule is Cc1cc2oc3ccccc3c(=O)c2cc1[N+](=O)[O-]. The van der Waals surface area contributed by atoms with Crippen LogP contribution in [0.25, 0.3) is 21.9 Å². The summed E-state index contributed by atoms with van der Waals surface area (Å²) in [5.74, 6) is 0. The molecule has 0 saturated carbocycles. The molecule has 19 heavy (non-hydrogen) atoms. The monoisotopic (exact) mass is 255 g/mol. The van der Waals surface area contributed by atoms with E-state index in [-0.39, 0.29) is 16.5 Å². The molecule has 0 fully saturated rings. The van der Waals surface area contributed by atoms with E-state index in [0.717, 1.165) is 0 Å². The largest absolute Gasteiger partial charge is 0.456 e. The minimum Gasteiger partial charge on any atom is -0.456 e. The van der Waals surface area contributed by atoms with Crippen LogP contribution in [0.3, 0.4) is 0 Å². The molecular weight excluding hydrogens is 246 g/mol. The van der Waals surface area contributed by atoms with Crippen LogP contribution >= 0.6 is 0 Å². The van der Waals surface area contributed by atoms with Gasteiger partial charge in [0.2, 0.25) is 5.43 Å². The average Bonchev–Trinajstić information content (AvgIpc) is 2.38. The Balaban J connectivity index is 2.52. The molecule has 94 valence electrons. The summed E-state index contributed by atoms with van der Waals surface area (Å²) in [6, 6.07) is 9.66. The molecule has 0 amide bonds. The van der Waals surface area contributed by atoms with Gasteiger partial charge >= 0.3 is 0 Å². The third-order valence-corrected chi connectivity index (χ3v) is 3.09. The van der Waals surface area contributed by atoms with Crippen LogP contribution in [0.4, 0.5) is 5.69 Å². The average molecular weight is 255 g/mol. The standard InChI is InChI=1S/C14H9NO4/c1-8-6-13-10(7-11(8)15(17)18)14(16)9-4-2-3-5-12(9)19-13/h2-7H,1H3. The minimum atomic E-state index is -0.497. The van der Waals surface area contributed by atoms with Crippen LogP contribution in [0.15, 0.2) is 45.6 Å². The van der Waals surface area contributed by atoms with Crippen LogP contribution in [0.5, 0.6) is 0 Å². The van der Waals surface area contributed by atoms with Crippen LogP contribution in [-0.2, 0) is 0 Å². The van der Waals surface area contributed by atoms with Crippen LogP contribution < -0.4 is 5.43 Å². The molecule has 1 aromatic heterocycles. The molecule has 0 spiro atoms. The van der Waals surface area contributed by atoms with Gasteiger partial charge in [0.05, 0.1) is 15.7 Å². The molecule has 2 aromatic carbocycles. The Morgan fingerprint density at radius 1 is 1.11 bits per heavy atom. The van der Waals surface area contributed by atoms with Gasteiger partial charge in [-0.3, -0.25) is 14.9 Å². The molecule has 0 aliphatic rings. The van der Waals surface area contributed by atoms with E-state index in [0.29, 0.717) is 22.1 Å². The van der Waals surface area contributed by atoms with E-state index in [1.165, 1.54) is 12.1 Å². The Kier molecular flexibility index (Phi) is 2.35. The van der Waals surface area contributed by atoms with Gasteiger partial charge in [-0.1, -0.05) is 12.1 Å². The fourth-order valence-corrected chi connectivity index (χ4v) is 2.14. The Bertz CT molecular complexity index is 880. The van der Waals surface area contributed by atoms with Crippen molar-refractivity contribution in [1.29, 1.82) is 0 Å². The van der Waals surface area contributed by atoms with E-state index in [4.69, 9.17) is 4.42 Å².